The Morgan fingerprint density at radius 3 is 1.33 bits per heavy atom. The average molecular weight is 639 g/mol. The predicted molar refractivity (Wildman–Crippen MR) is 215 cm³/mol. The number of rotatable bonds is 3. The molecule has 0 heterocycles. The van der Waals surface area contributed by atoms with E-state index in [9.17, 15) is 0 Å². The van der Waals surface area contributed by atoms with Crippen molar-refractivity contribution in [3.8, 4) is 33.4 Å². The van der Waals surface area contributed by atoms with Gasteiger partial charge in [0.05, 0.1) is 0 Å². The second kappa shape index (κ2) is 11.1. The average Bonchev–Trinajstić information content (AvgIpc) is 3.17. The zero-order valence-corrected chi connectivity index (χ0v) is 27.6. The lowest BCUT2D eigenvalue weighted by atomic mass is 9.91. The van der Waals surface area contributed by atoms with Crippen molar-refractivity contribution in [1.29, 1.82) is 0 Å². The van der Waals surface area contributed by atoms with Crippen LogP contribution in [-0.4, -0.2) is 0 Å². The van der Waals surface area contributed by atoms with Crippen LogP contribution in [0, 0.1) is 0 Å². The zero-order chi connectivity index (χ0) is 32.5. The van der Waals surface area contributed by atoms with Gasteiger partial charge in [0.15, 0.2) is 0 Å². The molecule has 10 rings (SSSR count). The van der Waals surface area contributed by atoms with Gasteiger partial charge in [-0.2, -0.15) is 0 Å². The fraction of sp³-hybridized carbons (Fsp3) is 0. The number of fused-ring (bicyclic) bond motifs is 10. The third kappa shape index (κ3) is 4.54. The van der Waals surface area contributed by atoms with Crippen LogP contribution in [0.4, 0.5) is 0 Å². The van der Waals surface area contributed by atoms with E-state index in [4.69, 9.17) is 12.6 Å². The highest BCUT2D eigenvalue weighted by atomic mass is 32.1. The van der Waals surface area contributed by atoms with Crippen LogP contribution in [-0.2, 0) is 0 Å². The summed E-state index contributed by atoms with van der Waals surface area (Å²) >= 11 is 5.11. The van der Waals surface area contributed by atoms with Crippen molar-refractivity contribution in [2.45, 2.75) is 4.90 Å². The second-order valence-corrected chi connectivity index (χ2v) is 13.5. The first-order chi connectivity index (χ1) is 24.2. The highest BCUT2D eigenvalue weighted by Gasteiger charge is 2.13. The quantitative estimate of drug-likeness (QED) is 0.144. The van der Waals surface area contributed by atoms with Gasteiger partial charge in [-0.3, -0.25) is 0 Å². The smallest absolute Gasteiger partial charge is 0.0204 e. The van der Waals surface area contributed by atoms with Gasteiger partial charge in [0, 0.05) is 10.3 Å². The van der Waals surface area contributed by atoms with Gasteiger partial charge in [-0.25, -0.2) is 0 Å². The Hall–Kier alpha value is -5.89. The summed E-state index contributed by atoms with van der Waals surface area (Å²) in [6, 6.07) is 64.4. The molecule has 1 heteroatoms. The van der Waals surface area contributed by atoms with Crippen molar-refractivity contribution in [2.75, 3.05) is 0 Å². The van der Waals surface area contributed by atoms with Crippen LogP contribution in [0.25, 0.3) is 98.0 Å². The van der Waals surface area contributed by atoms with E-state index in [0.717, 1.165) is 10.5 Å². The lowest BCUT2D eigenvalue weighted by Gasteiger charge is -2.13. The van der Waals surface area contributed by atoms with Crippen LogP contribution in [0.3, 0.4) is 0 Å². The van der Waals surface area contributed by atoms with Crippen LogP contribution in [0.2, 0.25) is 0 Å². The van der Waals surface area contributed by atoms with Crippen molar-refractivity contribution >= 4 is 77.3 Å². The van der Waals surface area contributed by atoms with Crippen LogP contribution in [0.15, 0.2) is 181 Å². The molecule has 0 aliphatic rings. The number of thiol groups is 1. The highest BCUT2D eigenvalue weighted by molar-refractivity contribution is 7.80. The van der Waals surface area contributed by atoms with Gasteiger partial charge in [0.25, 0.3) is 0 Å². The normalized spacial score (nSPS) is 11.8. The van der Waals surface area contributed by atoms with Crippen molar-refractivity contribution in [1.82, 2.24) is 0 Å². The molecule has 0 N–H and O–H groups in total. The van der Waals surface area contributed by atoms with Crippen LogP contribution < -0.4 is 0 Å². The molecule has 49 heavy (non-hydrogen) atoms. The zero-order valence-electron chi connectivity index (χ0n) is 26.7. The summed E-state index contributed by atoms with van der Waals surface area (Å²) in [4.78, 5) is 1.02. The Labute approximate surface area is 290 Å². The topological polar surface area (TPSA) is 0 Å². The number of hydrogen-bond donors (Lipinski definition) is 1. The Kier molecular flexibility index (Phi) is 6.37. The molecule has 0 atom stereocenters. The molecule has 0 unspecified atom stereocenters. The third-order valence-corrected chi connectivity index (χ3v) is 10.8. The molecule has 0 saturated heterocycles. The molecule has 0 bridgehead atoms. The molecule has 228 valence electrons. The molecule has 0 amide bonds. The third-order valence-electron chi connectivity index (χ3n) is 10.3. The van der Waals surface area contributed by atoms with Crippen LogP contribution in [0.5, 0.6) is 0 Å². The maximum Gasteiger partial charge on any atom is 0.0204 e. The van der Waals surface area contributed by atoms with Crippen molar-refractivity contribution in [3.63, 3.8) is 0 Å². The first-order valence-corrected chi connectivity index (χ1v) is 17.3. The Balaban J connectivity index is 1.07. The summed E-state index contributed by atoms with van der Waals surface area (Å²) in [7, 11) is 0. The number of benzene rings is 10. The molecule has 0 radical (unpaired) electrons. The molecule has 10 aromatic carbocycles. The van der Waals surface area contributed by atoms with Crippen LogP contribution in [0.1, 0.15) is 0 Å². The van der Waals surface area contributed by atoms with Gasteiger partial charge in [0.2, 0.25) is 0 Å². The van der Waals surface area contributed by atoms with Gasteiger partial charge >= 0.3 is 0 Å². The summed E-state index contributed by atoms with van der Waals surface area (Å²) in [6.45, 7) is 0. The highest BCUT2D eigenvalue weighted by Crippen LogP contribution is 2.40. The SMILES string of the molecule is Sc1c(-c2ccccc2)ccc2ccc3ccc(-c4ccc5cc(-c6ccc7c8ccccc8c8ccccc8c7c6)ccc5c4)cc3c12. The molecule has 10 aromatic rings. The van der Waals surface area contributed by atoms with Gasteiger partial charge in [-0.05, 0) is 117 Å². The van der Waals surface area contributed by atoms with Gasteiger partial charge in [-0.15, -0.1) is 12.6 Å². The Morgan fingerprint density at radius 1 is 0.265 bits per heavy atom. The van der Waals surface area contributed by atoms with Gasteiger partial charge in [0.1, 0.15) is 0 Å². The minimum absolute atomic E-state index is 1.02. The molecule has 0 fully saturated rings. The van der Waals surface area contributed by atoms with E-state index >= 15 is 0 Å². The Morgan fingerprint density at radius 2 is 0.694 bits per heavy atom. The largest absolute Gasteiger partial charge is 0.142 e. The van der Waals surface area contributed by atoms with Crippen molar-refractivity contribution in [3.05, 3.63) is 176 Å². The second-order valence-electron chi connectivity index (χ2n) is 13.1. The predicted octanol–water partition coefficient (Wildman–Crippen LogP) is 13.9. The summed E-state index contributed by atoms with van der Waals surface area (Å²) in [5.74, 6) is 0. The van der Waals surface area contributed by atoms with Crippen molar-refractivity contribution in [2.24, 2.45) is 0 Å². The van der Waals surface area contributed by atoms with E-state index in [1.807, 2.05) is 0 Å². The molecule has 0 saturated carbocycles. The van der Waals surface area contributed by atoms with Crippen molar-refractivity contribution < 1.29 is 0 Å². The number of hydrogen-bond acceptors (Lipinski definition) is 1. The lowest BCUT2D eigenvalue weighted by Crippen LogP contribution is -1.87. The fourth-order valence-electron chi connectivity index (χ4n) is 7.85. The molecule has 0 aliphatic carbocycles. The first kappa shape index (κ1) is 28.2. The maximum absolute atomic E-state index is 5.11. The van der Waals surface area contributed by atoms with E-state index < -0.39 is 0 Å². The van der Waals surface area contributed by atoms with Gasteiger partial charge in [-0.1, -0.05) is 152 Å². The molecule has 0 spiro atoms. The summed E-state index contributed by atoms with van der Waals surface area (Å²) in [5.41, 5.74) is 7.22. The van der Waals surface area contributed by atoms with E-state index in [1.165, 1.54) is 92.5 Å². The molecule has 0 nitrogen and oxygen atoms in total. The summed E-state index contributed by atoms with van der Waals surface area (Å²) in [5, 5.41) is 15.1. The van der Waals surface area contributed by atoms with Gasteiger partial charge < -0.3 is 0 Å². The Bertz CT molecular complexity index is 2900. The summed E-state index contributed by atoms with van der Waals surface area (Å²) < 4.78 is 0. The maximum atomic E-state index is 5.11. The molecular weight excluding hydrogens is 609 g/mol. The van der Waals surface area contributed by atoms with E-state index in [-0.39, 0.29) is 0 Å². The molecule has 0 aromatic heterocycles. The molecular formula is C48H30S. The van der Waals surface area contributed by atoms with E-state index in [2.05, 4.69) is 176 Å². The first-order valence-electron chi connectivity index (χ1n) is 16.8. The molecule has 0 aliphatic heterocycles. The van der Waals surface area contributed by atoms with E-state index in [0.29, 0.717) is 0 Å². The van der Waals surface area contributed by atoms with Crippen LogP contribution >= 0.6 is 12.6 Å². The summed E-state index contributed by atoms with van der Waals surface area (Å²) in [6.07, 6.45) is 0. The minimum Gasteiger partial charge on any atom is -0.142 e. The lowest BCUT2D eigenvalue weighted by molar-refractivity contribution is 1.53. The van der Waals surface area contributed by atoms with E-state index in [1.54, 1.807) is 0 Å². The minimum atomic E-state index is 1.02. The standard InChI is InChI=1S/C48H30S/c49-48-39(30-8-2-1-3-9-30)24-22-32-16-14-31-15-17-37(28-45(31)47(32)48)35-20-18-34-27-36(21-19-33(34)26-35)38-23-25-44-42-12-5-4-10-40(42)41-11-6-7-13-43(41)46(44)29-38/h1-29,49H. The fourth-order valence-corrected chi connectivity index (χ4v) is 8.30. The monoisotopic (exact) mass is 638 g/mol.